The fourth-order valence-corrected chi connectivity index (χ4v) is 3.97. The molecule has 7 heteroatoms. The summed E-state index contributed by atoms with van der Waals surface area (Å²) in [7, 11) is 1.56. The molecule has 0 saturated carbocycles. The van der Waals surface area contributed by atoms with Crippen LogP contribution in [0.4, 0.5) is 8.78 Å². The minimum atomic E-state index is -0.607. The van der Waals surface area contributed by atoms with Crippen LogP contribution in [0, 0.1) is 18.6 Å². The van der Waals surface area contributed by atoms with E-state index in [4.69, 9.17) is 4.74 Å². The zero-order valence-electron chi connectivity index (χ0n) is 15.7. The summed E-state index contributed by atoms with van der Waals surface area (Å²) in [5.74, 6) is -1.09. The number of hydrogen-bond donors (Lipinski definition) is 0. The fourth-order valence-electron chi connectivity index (χ4n) is 2.77. The SMILES string of the molecule is COc1nc(C(C)C)c(Sc2cc(F)cc(F)c2)n1Cc1cccnc1C. The molecule has 2 heterocycles. The Balaban J connectivity index is 2.09. The van der Waals surface area contributed by atoms with Gasteiger partial charge in [0.2, 0.25) is 0 Å². The quantitative estimate of drug-likeness (QED) is 0.581. The van der Waals surface area contributed by atoms with Gasteiger partial charge in [-0.05, 0) is 36.6 Å². The molecule has 4 nitrogen and oxygen atoms in total. The Kier molecular flexibility index (Phi) is 5.79. The third-order valence-corrected chi connectivity index (χ3v) is 5.23. The summed E-state index contributed by atoms with van der Waals surface area (Å²) in [4.78, 5) is 9.41. The predicted molar refractivity (Wildman–Crippen MR) is 101 cm³/mol. The van der Waals surface area contributed by atoms with Crippen LogP contribution in [0.1, 0.15) is 36.7 Å². The molecule has 0 saturated heterocycles. The highest BCUT2D eigenvalue weighted by atomic mass is 32.2. The minimum Gasteiger partial charge on any atom is -0.468 e. The first-order chi connectivity index (χ1) is 12.9. The van der Waals surface area contributed by atoms with Crippen LogP contribution < -0.4 is 4.74 Å². The summed E-state index contributed by atoms with van der Waals surface area (Å²) in [5.41, 5.74) is 2.76. The number of ether oxygens (including phenoxy) is 1. The van der Waals surface area contributed by atoms with E-state index in [0.29, 0.717) is 17.5 Å². The molecule has 0 atom stereocenters. The zero-order valence-corrected chi connectivity index (χ0v) is 16.5. The topological polar surface area (TPSA) is 39.9 Å². The van der Waals surface area contributed by atoms with Crippen molar-refractivity contribution >= 4 is 11.8 Å². The summed E-state index contributed by atoms with van der Waals surface area (Å²) in [5, 5.41) is 0.801. The number of hydrogen-bond acceptors (Lipinski definition) is 4. The van der Waals surface area contributed by atoms with Crippen LogP contribution in [-0.2, 0) is 6.54 Å². The van der Waals surface area contributed by atoms with Crippen LogP contribution in [0.2, 0.25) is 0 Å². The molecule has 0 aliphatic rings. The van der Waals surface area contributed by atoms with E-state index in [-0.39, 0.29) is 5.92 Å². The van der Waals surface area contributed by atoms with Crippen molar-refractivity contribution < 1.29 is 13.5 Å². The van der Waals surface area contributed by atoms with Gasteiger partial charge < -0.3 is 4.74 Å². The van der Waals surface area contributed by atoms with Crippen molar-refractivity contribution in [1.82, 2.24) is 14.5 Å². The van der Waals surface area contributed by atoms with Crippen LogP contribution in [0.5, 0.6) is 6.01 Å². The highest BCUT2D eigenvalue weighted by Crippen LogP contribution is 2.38. The Morgan fingerprint density at radius 2 is 1.89 bits per heavy atom. The Bertz CT molecular complexity index is 936. The molecular formula is C20H21F2N3OS. The highest BCUT2D eigenvalue weighted by Gasteiger charge is 2.22. The lowest BCUT2D eigenvalue weighted by atomic mass is 10.1. The lowest BCUT2D eigenvalue weighted by Gasteiger charge is -2.13. The standard InChI is InChI=1S/C20H21F2N3OS/c1-12(2)18-19(27-17-9-15(21)8-16(22)10-17)25(20(24-18)26-4)11-14-6-5-7-23-13(14)3/h5-10,12H,11H2,1-4H3. The molecular weight excluding hydrogens is 368 g/mol. The van der Waals surface area contributed by atoms with Gasteiger partial charge in [0.05, 0.1) is 19.3 Å². The molecule has 0 bridgehead atoms. The Morgan fingerprint density at radius 1 is 1.19 bits per heavy atom. The second kappa shape index (κ2) is 8.08. The maximum absolute atomic E-state index is 13.7. The van der Waals surface area contributed by atoms with Gasteiger partial charge >= 0.3 is 0 Å². The second-order valence-electron chi connectivity index (χ2n) is 6.48. The lowest BCUT2D eigenvalue weighted by Crippen LogP contribution is -2.06. The monoisotopic (exact) mass is 389 g/mol. The summed E-state index contributed by atoms with van der Waals surface area (Å²) in [6.45, 7) is 6.49. The average Bonchev–Trinajstić information content (AvgIpc) is 2.94. The number of rotatable bonds is 6. The smallest absolute Gasteiger partial charge is 0.297 e. The summed E-state index contributed by atoms with van der Waals surface area (Å²) >= 11 is 1.28. The molecule has 0 amide bonds. The van der Waals surface area contributed by atoms with Crippen LogP contribution >= 0.6 is 11.8 Å². The van der Waals surface area contributed by atoms with Crippen molar-refractivity contribution in [3.8, 4) is 6.01 Å². The van der Waals surface area contributed by atoms with Crippen molar-refractivity contribution in [1.29, 1.82) is 0 Å². The third kappa shape index (κ3) is 4.30. The third-order valence-electron chi connectivity index (χ3n) is 4.14. The van der Waals surface area contributed by atoms with E-state index in [1.54, 1.807) is 13.3 Å². The van der Waals surface area contributed by atoms with Crippen LogP contribution in [0.3, 0.4) is 0 Å². The number of aromatic nitrogens is 3. The first-order valence-corrected chi connectivity index (χ1v) is 9.39. The van der Waals surface area contributed by atoms with Crippen molar-refractivity contribution in [2.24, 2.45) is 0 Å². The fraction of sp³-hybridized carbons (Fsp3) is 0.300. The first kappa shape index (κ1) is 19.4. The molecule has 142 valence electrons. The number of halogens is 2. The van der Waals surface area contributed by atoms with E-state index < -0.39 is 11.6 Å². The van der Waals surface area contributed by atoms with Gasteiger partial charge in [-0.1, -0.05) is 31.7 Å². The van der Waals surface area contributed by atoms with Crippen molar-refractivity contribution in [3.63, 3.8) is 0 Å². The van der Waals surface area contributed by atoms with E-state index in [0.717, 1.165) is 28.0 Å². The van der Waals surface area contributed by atoms with E-state index >= 15 is 0 Å². The van der Waals surface area contributed by atoms with E-state index in [1.165, 1.54) is 23.9 Å². The number of imidazole rings is 1. The highest BCUT2D eigenvalue weighted by molar-refractivity contribution is 7.99. The van der Waals surface area contributed by atoms with Gasteiger partial charge in [0.25, 0.3) is 6.01 Å². The molecule has 3 rings (SSSR count). The number of pyridine rings is 1. The van der Waals surface area contributed by atoms with E-state index in [9.17, 15) is 8.78 Å². The molecule has 0 spiro atoms. The molecule has 0 aliphatic carbocycles. The van der Waals surface area contributed by atoms with Crippen LogP contribution in [0.15, 0.2) is 46.5 Å². The molecule has 0 unspecified atom stereocenters. The van der Waals surface area contributed by atoms with E-state index in [2.05, 4.69) is 9.97 Å². The second-order valence-corrected chi connectivity index (χ2v) is 7.55. The molecule has 2 aromatic heterocycles. The average molecular weight is 389 g/mol. The summed E-state index contributed by atoms with van der Waals surface area (Å²) in [6, 6.07) is 7.83. The summed E-state index contributed by atoms with van der Waals surface area (Å²) in [6.07, 6.45) is 1.74. The van der Waals surface area contributed by atoms with Gasteiger partial charge in [0.1, 0.15) is 16.7 Å². The first-order valence-electron chi connectivity index (χ1n) is 8.58. The van der Waals surface area contributed by atoms with Gasteiger partial charge in [-0.15, -0.1) is 0 Å². The van der Waals surface area contributed by atoms with Gasteiger partial charge in [0.15, 0.2) is 0 Å². The van der Waals surface area contributed by atoms with E-state index in [1.807, 2.05) is 37.5 Å². The van der Waals surface area contributed by atoms with Crippen molar-refractivity contribution in [2.45, 2.75) is 43.2 Å². The molecule has 0 aliphatic heterocycles. The molecule has 1 aromatic carbocycles. The van der Waals surface area contributed by atoms with Gasteiger partial charge in [-0.2, -0.15) is 4.98 Å². The zero-order chi connectivity index (χ0) is 19.6. The maximum atomic E-state index is 13.7. The largest absolute Gasteiger partial charge is 0.468 e. The van der Waals surface area contributed by atoms with Crippen LogP contribution in [0.25, 0.3) is 0 Å². The van der Waals surface area contributed by atoms with Gasteiger partial charge in [0, 0.05) is 22.9 Å². The number of nitrogens with zero attached hydrogens (tertiary/aromatic N) is 3. The van der Waals surface area contributed by atoms with Crippen molar-refractivity contribution in [2.75, 3.05) is 7.11 Å². The maximum Gasteiger partial charge on any atom is 0.297 e. The van der Waals surface area contributed by atoms with Gasteiger partial charge in [-0.3, -0.25) is 9.55 Å². The molecule has 0 fully saturated rings. The minimum absolute atomic E-state index is 0.121. The molecule has 0 N–H and O–H groups in total. The van der Waals surface area contributed by atoms with Gasteiger partial charge in [-0.25, -0.2) is 8.78 Å². The Hall–Kier alpha value is -2.41. The predicted octanol–water partition coefficient (Wildman–Crippen LogP) is 5.20. The molecule has 27 heavy (non-hydrogen) atoms. The van der Waals surface area contributed by atoms with Crippen LogP contribution in [-0.4, -0.2) is 21.6 Å². The molecule has 3 aromatic rings. The van der Waals surface area contributed by atoms with Crippen molar-refractivity contribution in [3.05, 3.63) is 65.1 Å². The normalized spacial score (nSPS) is 11.2. The Labute approximate surface area is 161 Å². The Morgan fingerprint density at radius 3 is 2.48 bits per heavy atom. The summed E-state index contributed by atoms with van der Waals surface area (Å²) < 4.78 is 34.7. The number of aryl methyl sites for hydroxylation is 1. The molecule has 0 radical (unpaired) electrons. The number of methoxy groups -OCH3 is 1. The number of benzene rings is 1. The lowest BCUT2D eigenvalue weighted by molar-refractivity contribution is 0.356.